The summed E-state index contributed by atoms with van der Waals surface area (Å²) in [6.45, 7) is -0.398. The van der Waals surface area contributed by atoms with E-state index < -0.39 is 59.8 Å². The lowest BCUT2D eigenvalue weighted by molar-refractivity contribution is -0.161. The molecule has 0 unspecified atom stereocenters. The summed E-state index contributed by atoms with van der Waals surface area (Å²) < 4.78 is 9.39. The molecule has 3 atom stereocenters. The molecule has 1 heterocycles. The molecule has 1 aromatic carbocycles. The average Bonchev–Trinajstić information content (AvgIpc) is 2.51. The normalized spacial score (nSPS) is 22.9. The third-order valence-corrected chi connectivity index (χ3v) is 2.99. The van der Waals surface area contributed by atoms with Crippen molar-refractivity contribution < 1.29 is 44.6 Å². The lowest BCUT2D eigenvalue weighted by Gasteiger charge is -2.18. The molecule has 0 spiro atoms. The number of hydrogen-bond acceptors (Lipinski definition) is 10. The highest BCUT2D eigenvalue weighted by atomic mass is 16.6. The molecule has 0 amide bonds. The smallest absolute Gasteiger partial charge is 0.343 e. The molecule has 10 heteroatoms. The predicted octanol–water partition coefficient (Wildman–Crippen LogP) is -2.36. The zero-order chi connectivity index (χ0) is 16.6. The number of fused-ring (bicyclic) bond motifs is 2. The van der Waals surface area contributed by atoms with Gasteiger partial charge in [-0.15, -0.1) is 0 Å². The molecule has 0 aromatic heterocycles. The number of carbonyl (C=O) groups is 2. The van der Waals surface area contributed by atoms with Gasteiger partial charge in [-0.2, -0.15) is 0 Å². The van der Waals surface area contributed by atoms with Crippen LogP contribution in [0.2, 0.25) is 0 Å². The fourth-order valence-electron chi connectivity index (χ4n) is 1.83. The first-order valence-electron chi connectivity index (χ1n) is 6.04. The second-order valence-electron chi connectivity index (χ2n) is 4.47. The summed E-state index contributed by atoms with van der Waals surface area (Å²) in [5.74, 6) is -5.90. The second kappa shape index (κ2) is 5.77. The van der Waals surface area contributed by atoms with Crippen molar-refractivity contribution >= 4 is 11.9 Å². The van der Waals surface area contributed by atoms with Crippen molar-refractivity contribution in [1.82, 2.24) is 0 Å². The molecule has 120 valence electrons. The zero-order valence-corrected chi connectivity index (χ0v) is 11.0. The van der Waals surface area contributed by atoms with Crippen molar-refractivity contribution in [3.63, 3.8) is 0 Å². The number of phenols is 2. The Morgan fingerprint density at radius 3 is 2.23 bits per heavy atom. The minimum atomic E-state index is -2.29. The Balaban J connectivity index is 2.71. The number of carbonyl (C=O) groups excluding carboxylic acids is 2. The first-order chi connectivity index (χ1) is 10.3. The van der Waals surface area contributed by atoms with E-state index in [4.69, 9.17) is 10.5 Å². The summed E-state index contributed by atoms with van der Waals surface area (Å²) in [6.07, 6.45) is -6.07. The molecule has 1 aliphatic heterocycles. The van der Waals surface area contributed by atoms with Gasteiger partial charge in [0.1, 0.15) is 5.75 Å². The van der Waals surface area contributed by atoms with Crippen LogP contribution >= 0.6 is 0 Å². The fraction of sp³-hybridized carbons (Fsp3) is 0.333. The predicted molar refractivity (Wildman–Crippen MR) is 67.1 cm³/mol. The minimum Gasteiger partial charge on any atom is -0.504 e. The van der Waals surface area contributed by atoms with E-state index >= 15 is 0 Å². The van der Waals surface area contributed by atoms with Crippen LogP contribution in [0.4, 0.5) is 0 Å². The third kappa shape index (κ3) is 2.55. The number of aromatic hydroxyl groups is 2. The Bertz CT molecular complexity index is 630. The molecule has 0 saturated heterocycles. The molecule has 10 nitrogen and oxygen atoms in total. The van der Waals surface area contributed by atoms with Crippen LogP contribution in [0.3, 0.4) is 0 Å². The summed E-state index contributed by atoms with van der Waals surface area (Å²) in [7, 11) is 0. The number of esters is 2. The second-order valence-corrected chi connectivity index (χ2v) is 4.47. The van der Waals surface area contributed by atoms with E-state index in [0.717, 1.165) is 6.07 Å². The first-order valence-corrected chi connectivity index (χ1v) is 6.04. The highest BCUT2D eigenvalue weighted by Gasteiger charge is 2.38. The van der Waals surface area contributed by atoms with Crippen LogP contribution in [0.1, 0.15) is 11.7 Å². The number of rotatable bonds is 2. The van der Waals surface area contributed by atoms with E-state index in [0.29, 0.717) is 0 Å². The highest BCUT2D eigenvalue weighted by molar-refractivity contribution is 5.89. The van der Waals surface area contributed by atoms with Gasteiger partial charge in [0.2, 0.25) is 5.75 Å². The van der Waals surface area contributed by atoms with Gasteiger partial charge in [0.25, 0.3) is 0 Å². The van der Waals surface area contributed by atoms with E-state index in [1.54, 1.807) is 0 Å². The summed E-state index contributed by atoms with van der Waals surface area (Å²) in [5, 5.41) is 48.2. The number of ether oxygens (including phenoxy) is 2. The summed E-state index contributed by atoms with van der Waals surface area (Å²) >= 11 is 0. The molecule has 22 heavy (non-hydrogen) atoms. The van der Waals surface area contributed by atoms with Gasteiger partial charge in [-0.1, -0.05) is 0 Å². The van der Waals surface area contributed by atoms with Crippen LogP contribution in [0.5, 0.6) is 23.0 Å². The lowest BCUT2D eigenvalue weighted by atomic mass is 10.1. The lowest BCUT2D eigenvalue weighted by Crippen LogP contribution is -2.43. The zero-order valence-electron chi connectivity index (χ0n) is 11.0. The van der Waals surface area contributed by atoms with Crippen molar-refractivity contribution in [3.8, 4) is 23.0 Å². The van der Waals surface area contributed by atoms with Crippen molar-refractivity contribution in [2.45, 2.75) is 18.3 Å². The van der Waals surface area contributed by atoms with Gasteiger partial charge in [-0.25, -0.2) is 9.59 Å². The number of aliphatic hydroxyl groups excluding tert-OH is 3. The molecule has 0 radical (unpaired) electrons. The van der Waals surface area contributed by atoms with Gasteiger partial charge >= 0.3 is 11.9 Å². The maximum Gasteiger partial charge on any atom is 0.343 e. The molecule has 7 N–H and O–H groups in total. The fourth-order valence-corrected chi connectivity index (χ4v) is 1.83. The number of hydrogen-bond donors (Lipinski definition) is 6. The van der Waals surface area contributed by atoms with E-state index in [1.165, 1.54) is 0 Å². The summed E-state index contributed by atoms with van der Waals surface area (Å²) in [4.78, 5) is 23.3. The topological polar surface area (TPSA) is 180 Å². The summed E-state index contributed by atoms with van der Waals surface area (Å²) in [6, 6.07) is 0.767. The van der Waals surface area contributed by atoms with E-state index in [2.05, 4.69) is 4.74 Å². The Kier molecular flexibility index (Phi) is 4.19. The number of nitrogens with two attached hydrogens (primary N) is 1. The molecule has 0 saturated carbocycles. The molecule has 1 aliphatic rings. The molecular formula is C12H13NO9. The van der Waals surface area contributed by atoms with Gasteiger partial charge in [0.15, 0.2) is 23.7 Å². The van der Waals surface area contributed by atoms with Crippen LogP contribution < -0.4 is 15.2 Å². The Labute approximate surface area is 122 Å². The third-order valence-electron chi connectivity index (χ3n) is 2.99. The van der Waals surface area contributed by atoms with Crippen LogP contribution in [-0.2, 0) is 9.59 Å². The van der Waals surface area contributed by atoms with Gasteiger partial charge in [-0.05, 0) is 0 Å². The highest BCUT2D eigenvalue weighted by Crippen LogP contribution is 2.47. The Morgan fingerprint density at radius 2 is 1.68 bits per heavy atom. The number of phenolic OH excluding ortho intramolecular Hbond substituents is 2. The van der Waals surface area contributed by atoms with Crippen molar-refractivity contribution in [2.24, 2.45) is 5.73 Å². The van der Waals surface area contributed by atoms with Gasteiger partial charge < -0.3 is 40.7 Å². The maximum atomic E-state index is 11.7. The number of benzene rings is 1. The average molecular weight is 315 g/mol. The molecule has 0 aliphatic carbocycles. The van der Waals surface area contributed by atoms with Crippen LogP contribution in [-0.4, -0.2) is 56.2 Å². The SMILES string of the molecule is NC[C@H](O)c1c2cc(O)c(O)c1OC(=O)[C@H](O)[C@@H](O)C(=O)O2. The molecular weight excluding hydrogens is 302 g/mol. The monoisotopic (exact) mass is 315 g/mol. The van der Waals surface area contributed by atoms with Crippen molar-refractivity contribution in [1.29, 1.82) is 0 Å². The van der Waals surface area contributed by atoms with Gasteiger partial charge in [0, 0.05) is 12.6 Å². The maximum absolute atomic E-state index is 11.7. The van der Waals surface area contributed by atoms with Gasteiger partial charge in [0.05, 0.1) is 11.7 Å². The van der Waals surface area contributed by atoms with Crippen LogP contribution in [0.25, 0.3) is 0 Å². The molecule has 0 fully saturated rings. The first kappa shape index (κ1) is 16.0. The van der Waals surface area contributed by atoms with E-state index in [-0.39, 0.29) is 5.56 Å². The molecule has 1 aromatic rings. The van der Waals surface area contributed by atoms with E-state index in [9.17, 15) is 35.1 Å². The van der Waals surface area contributed by atoms with Crippen molar-refractivity contribution in [3.05, 3.63) is 11.6 Å². The molecule has 2 rings (SSSR count). The van der Waals surface area contributed by atoms with Crippen LogP contribution in [0, 0.1) is 0 Å². The van der Waals surface area contributed by atoms with Crippen molar-refractivity contribution in [2.75, 3.05) is 6.54 Å². The van der Waals surface area contributed by atoms with Crippen LogP contribution in [0.15, 0.2) is 6.07 Å². The van der Waals surface area contributed by atoms with Gasteiger partial charge in [-0.3, -0.25) is 0 Å². The standard InChI is InChI=1S/C12H13NO9/c13-2-4(15)6-5-1-3(14)7(16)10(6)22-12(20)9(18)8(17)11(19)21-5/h1,4,8-9,14-18H,2,13H2/t4-,8+,9+/m0/s1. The number of aliphatic hydroxyl groups is 3. The largest absolute Gasteiger partial charge is 0.504 e. The Hall–Kier alpha value is -2.40. The quantitative estimate of drug-likeness (QED) is 0.196. The summed E-state index contributed by atoms with van der Waals surface area (Å²) in [5.41, 5.74) is 4.90. The minimum absolute atomic E-state index is 0.388. The van der Waals surface area contributed by atoms with E-state index in [1.807, 2.05) is 0 Å². The molecule has 2 bridgehead atoms. The Morgan fingerprint density at radius 1 is 1.14 bits per heavy atom.